The maximum atomic E-state index is 2.74. The minimum absolute atomic E-state index is 0.519. The van der Waals surface area contributed by atoms with Crippen molar-refractivity contribution in [1.82, 2.24) is 9.80 Å². The molecule has 5 rings (SSSR count). The highest BCUT2D eigenvalue weighted by Crippen LogP contribution is 2.68. The second-order valence-electron chi connectivity index (χ2n) is 11.2. The third-order valence-corrected chi connectivity index (χ3v) is 10.4. The van der Waals surface area contributed by atoms with E-state index in [9.17, 15) is 0 Å². The molecule has 8 atom stereocenters. The maximum absolute atomic E-state index is 2.74. The van der Waals surface area contributed by atoms with Crippen molar-refractivity contribution in [3.05, 3.63) is 11.6 Å². The molecule has 1 aliphatic heterocycles. The van der Waals surface area contributed by atoms with Gasteiger partial charge in [-0.15, -0.1) is 0 Å². The number of nitrogens with zero attached hydrogens (tertiary/aromatic N) is 2. The van der Waals surface area contributed by atoms with Gasteiger partial charge in [-0.25, -0.2) is 0 Å². The van der Waals surface area contributed by atoms with Crippen LogP contribution < -0.4 is 0 Å². The molecule has 4 aliphatic carbocycles. The highest BCUT2D eigenvalue weighted by atomic mass is 15.2. The lowest BCUT2D eigenvalue weighted by Gasteiger charge is -2.58. The summed E-state index contributed by atoms with van der Waals surface area (Å²) in [6.07, 6.45) is 14.4. The summed E-state index contributed by atoms with van der Waals surface area (Å²) in [6, 6.07) is 1.60. The largest absolute Gasteiger partial charge is 0.306 e. The van der Waals surface area contributed by atoms with Crippen LogP contribution >= 0.6 is 0 Å². The first-order valence-corrected chi connectivity index (χ1v) is 11.4. The van der Waals surface area contributed by atoms with E-state index < -0.39 is 0 Å². The molecule has 1 heterocycles. The molecule has 5 aliphatic rings. The fraction of sp³-hybridized carbons (Fsp3) is 0.917. The molecule has 0 bridgehead atoms. The van der Waals surface area contributed by atoms with Crippen molar-refractivity contribution in [2.45, 2.75) is 77.3 Å². The highest BCUT2D eigenvalue weighted by Gasteiger charge is 2.63. The quantitative estimate of drug-likeness (QED) is 0.622. The van der Waals surface area contributed by atoms with Crippen LogP contribution in [0.5, 0.6) is 0 Å². The second-order valence-corrected chi connectivity index (χ2v) is 11.2. The van der Waals surface area contributed by atoms with E-state index in [0.717, 1.165) is 35.8 Å². The van der Waals surface area contributed by atoms with Gasteiger partial charge in [0.25, 0.3) is 0 Å². The Labute approximate surface area is 161 Å². The third-order valence-electron chi connectivity index (χ3n) is 10.4. The van der Waals surface area contributed by atoms with Crippen LogP contribution in [0, 0.1) is 34.5 Å². The molecular formula is C24H40N2. The molecule has 146 valence electrons. The normalized spacial score (nSPS) is 53.7. The fourth-order valence-electron chi connectivity index (χ4n) is 8.88. The highest BCUT2D eigenvalue weighted by molar-refractivity contribution is 5.26. The zero-order valence-electron chi connectivity index (χ0n) is 17.8. The van der Waals surface area contributed by atoms with Crippen LogP contribution in [0.3, 0.4) is 0 Å². The van der Waals surface area contributed by atoms with Crippen LogP contribution in [0.2, 0.25) is 0 Å². The molecule has 2 heteroatoms. The SMILES string of the molecule is C[C@H]1[C@H]2CC[C@H]3[C@@H]4CC=C5CC(N(C)C)CC[C@]5(C)[C@H]4CC[C@]23CN1C. The summed E-state index contributed by atoms with van der Waals surface area (Å²) < 4.78 is 0. The summed E-state index contributed by atoms with van der Waals surface area (Å²) in [4.78, 5) is 5.17. The number of rotatable bonds is 1. The van der Waals surface area contributed by atoms with E-state index in [0.29, 0.717) is 10.8 Å². The lowest BCUT2D eigenvalue weighted by Crippen LogP contribution is -2.52. The Morgan fingerprint density at radius 2 is 1.81 bits per heavy atom. The first-order chi connectivity index (χ1) is 12.4. The Morgan fingerprint density at radius 1 is 1.04 bits per heavy atom. The van der Waals surface area contributed by atoms with Crippen molar-refractivity contribution in [3.8, 4) is 0 Å². The third kappa shape index (κ3) is 2.18. The van der Waals surface area contributed by atoms with E-state index in [-0.39, 0.29) is 0 Å². The van der Waals surface area contributed by atoms with Crippen LogP contribution in [0.25, 0.3) is 0 Å². The van der Waals surface area contributed by atoms with Crippen LogP contribution in [0.4, 0.5) is 0 Å². The molecule has 4 fully saturated rings. The summed E-state index contributed by atoms with van der Waals surface area (Å²) in [5.41, 5.74) is 3.04. The average Bonchev–Trinajstić information content (AvgIpc) is 3.08. The summed E-state index contributed by atoms with van der Waals surface area (Å²) in [5.74, 6) is 3.96. The summed E-state index contributed by atoms with van der Waals surface area (Å²) in [7, 11) is 6.95. The van der Waals surface area contributed by atoms with Gasteiger partial charge in [-0.3, -0.25) is 0 Å². The second kappa shape index (κ2) is 5.83. The van der Waals surface area contributed by atoms with E-state index in [1.165, 1.54) is 57.9 Å². The van der Waals surface area contributed by atoms with Gasteiger partial charge in [0, 0.05) is 18.6 Å². The summed E-state index contributed by atoms with van der Waals surface area (Å²) >= 11 is 0. The van der Waals surface area contributed by atoms with Crippen molar-refractivity contribution in [1.29, 1.82) is 0 Å². The number of likely N-dealkylation sites (tertiary alicyclic amines) is 1. The number of hydrogen-bond donors (Lipinski definition) is 0. The van der Waals surface area contributed by atoms with Gasteiger partial charge in [-0.05, 0) is 114 Å². The minimum Gasteiger partial charge on any atom is -0.306 e. The monoisotopic (exact) mass is 356 g/mol. The Bertz CT molecular complexity index is 609. The lowest BCUT2D eigenvalue weighted by atomic mass is 9.47. The minimum atomic E-state index is 0.519. The average molecular weight is 357 g/mol. The van der Waals surface area contributed by atoms with Gasteiger partial charge in [0.05, 0.1) is 0 Å². The Hall–Kier alpha value is -0.340. The van der Waals surface area contributed by atoms with Gasteiger partial charge in [0.2, 0.25) is 0 Å². The molecule has 26 heavy (non-hydrogen) atoms. The molecule has 0 aromatic rings. The molecule has 1 unspecified atom stereocenters. The van der Waals surface area contributed by atoms with Crippen LogP contribution in [0.1, 0.15) is 65.2 Å². The summed E-state index contributed by atoms with van der Waals surface area (Å²) in [5, 5.41) is 0. The Morgan fingerprint density at radius 3 is 2.58 bits per heavy atom. The Balaban J connectivity index is 1.45. The first-order valence-electron chi connectivity index (χ1n) is 11.4. The molecule has 1 spiro atoms. The molecule has 3 saturated carbocycles. The molecule has 0 radical (unpaired) electrons. The van der Waals surface area contributed by atoms with Crippen LogP contribution in [0.15, 0.2) is 11.6 Å². The molecule has 2 nitrogen and oxygen atoms in total. The summed E-state index contributed by atoms with van der Waals surface area (Å²) in [6.45, 7) is 6.56. The van der Waals surface area contributed by atoms with E-state index in [1.807, 2.05) is 5.57 Å². The predicted molar refractivity (Wildman–Crippen MR) is 109 cm³/mol. The van der Waals surface area contributed by atoms with Crippen molar-refractivity contribution >= 4 is 0 Å². The van der Waals surface area contributed by atoms with Crippen LogP contribution in [-0.2, 0) is 0 Å². The van der Waals surface area contributed by atoms with Crippen LogP contribution in [-0.4, -0.2) is 49.6 Å². The number of allylic oxidation sites excluding steroid dienone is 1. The molecule has 0 aromatic carbocycles. The predicted octanol–water partition coefficient (Wildman–Crippen LogP) is 4.81. The molecular weight excluding hydrogens is 316 g/mol. The van der Waals surface area contributed by atoms with Crippen molar-refractivity contribution in [2.24, 2.45) is 34.5 Å². The van der Waals surface area contributed by atoms with E-state index in [4.69, 9.17) is 0 Å². The fourth-order valence-corrected chi connectivity index (χ4v) is 8.88. The van der Waals surface area contributed by atoms with Crippen molar-refractivity contribution in [2.75, 3.05) is 27.7 Å². The Kier molecular flexibility index (Phi) is 3.98. The molecule has 0 aromatic heterocycles. The molecule has 0 amide bonds. The van der Waals surface area contributed by atoms with E-state index >= 15 is 0 Å². The van der Waals surface area contributed by atoms with Crippen molar-refractivity contribution < 1.29 is 0 Å². The number of hydrogen-bond acceptors (Lipinski definition) is 2. The van der Waals surface area contributed by atoms with Gasteiger partial charge >= 0.3 is 0 Å². The standard InChI is InChI=1S/C24H40N2/c1-16-20-8-9-22-19-7-6-17-14-18(25(3)4)10-12-23(17,2)21(19)11-13-24(20,22)15-26(16)5/h6,16,18-22H,7-15H2,1-5H3/t16-,18?,19+,20+,21-,22-,23-,24-/m0/s1. The van der Waals surface area contributed by atoms with Gasteiger partial charge < -0.3 is 9.80 Å². The lowest BCUT2D eigenvalue weighted by molar-refractivity contribution is -0.0430. The zero-order chi connectivity index (χ0) is 18.3. The maximum Gasteiger partial charge on any atom is 0.0127 e. The first kappa shape index (κ1) is 17.7. The van der Waals surface area contributed by atoms with E-state index in [1.54, 1.807) is 0 Å². The van der Waals surface area contributed by atoms with Gasteiger partial charge in [0.1, 0.15) is 0 Å². The molecule has 1 saturated heterocycles. The topological polar surface area (TPSA) is 6.48 Å². The van der Waals surface area contributed by atoms with E-state index in [2.05, 4.69) is 50.9 Å². The van der Waals surface area contributed by atoms with Gasteiger partial charge in [-0.1, -0.05) is 18.6 Å². The number of fused-ring (bicyclic) bond motifs is 4. The van der Waals surface area contributed by atoms with Gasteiger partial charge in [-0.2, -0.15) is 0 Å². The van der Waals surface area contributed by atoms with Gasteiger partial charge in [0.15, 0.2) is 0 Å². The van der Waals surface area contributed by atoms with Crippen molar-refractivity contribution in [3.63, 3.8) is 0 Å². The smallest absolute Gasteiger partial charge is 0.0127 e. The molecule has 0 N–H and O–H groups in total. The zero-order valence-corrected chi connectivity index (χ0v) is 17.8.